The van der Waals surface area contributed by atoms with E-state index in [-0.39, 0.29) is 0 Å². The van der Waals surface area contributed by atoms with Crippen LogP contribution in [-0.2, 0) is 13.1 Å². The summed E-state index contributed by atoms with van der Waals surface area (Å²) in [7, 11) is 5.94. The van der Waals surface area contributed by atoms with Crippen LogP contribution in [-0.4, -0.2) is 50.6 Å². The van der Waals surface area contributed by atoms with Gasteiger partial charge in [-0.2, -0.15) is 0 Å². The lowest BCUT2D eigenvalue weighted by Crippen LogP contribution is -2.26. The molecule has 0 heterocycles. The van der Waals surface area contributed by atoms with E-state index in [4.69, 9.17) is 10.5 Å². The van der Waals surface area contributed by atoms with E-state index < -0.39 is 0 Å². The highest BCUT2D eigenvalue weighted by Gasteiger charge is 2.07. The molecule has 114 valence electrons. The molecule has 2 N–H and O–H groups in total. The van der Waals surface area contributed by atoms with Crippen LogP contribution in [0, 0.1) is 0 Å². The number of benzene rings is 1. The summed E-state index contributed by atoms with van der Waals surface area (Å²) in [5.74, 6) is 0.898. The van der Waals surface area contributed by atoms with E-state index in [1.165, 1.54) is 12.0 Å². The molecule has 20 heavy (non-hydrogen) atoms. The molecule has 0 radical (unpaired) electrons. The molecule has 0 aliphatic heterocycles. The van der Waals surface area contributed by atoms with Gasteiger partial charge in [0.2, 0.25) is 0 Å². The van der Waals surface area contributed by atoms with E-state index in [0.29, 0.717) is 6.54 Å². The zero-order valence-electron chi connectivity index (χ0n) is 13.4. The molecule has 0 spiro atoms. The number of hydrogen-bond acceptors (Lipinski definition) is 4. The van der Waals surface area contributed by atoms with Crippen LogP contribution in [0.25, 0.3) is 0 Å². The van der Waals surface area contributed by atoms with Crippen LogP contribution >= 0.6 is 0 Å². The Morgan fingerprint density at radius 3 is 2.50 bits per heavy atom. The van der Waals surface area contributed by atoms with Gasteiger partial charge in [0.05, 0.1) is 7.11 Å². The van der Waals surface area contributed by atoms with E-state index in [0.717, 1.165) is 37.5 Å². The molecule has 4 heteroatoms. The minimum Gasteiger partial charge on any atom is -0.496 e. The molecule has 0 aliphatic rings. The Kier molecular flexibility index (Phi) is 7.59. The summed E-state index contributed by atoms with van der Waals surface area (Å²) in [6, 6.07) is 6.33. The van der Waals surface area contributed by atoms with Gasteiger partial charge in [-0.25, -0.2) is 0 Å². The monoisotopic (exact) mass is 279 g/mol. The lowest BCUT2D eigenvalue weighted by molar-refractivity contribution is 0.259. The molecule has 0 fully saturated rings. The zero-order valence-corrected chi connectivity index (χ0v) is 13.4. The molecular weight excluding hydrogens is 250 g/mol. The summed E-state index contributed by atoms with van der Waals surface area (Å²) in [6.07, 6.45) is 1.19. The molecule has 0 aliphatic carbocycles. The largest absolute Gasteiger partial charge is 0.496 e. The summed E-state index contributed by atoms with van der Waals surface area (Å²) in [6.45, 7) is 7.01. The zero-order chi connectivity index (χ0) is 15.0. The molecule has 0 bridgehead atoms. The predicted molar refractivity (Wildman–Crippen MR) is 85.0 cm³/mol. The first-order valence-corrected chi connectivity index (χ1v) is 7.33. The topological polar surface area (TPSA) is 41.7 Å². The Morgan fingerprint density at radius 1 is 1.20 bits per heavy atom. The molecule has 0 amide bonds. The van der Waals surface area contributed by atoms with Gasteiger partial charge in [-0.1, -0.05) is 19.1 Å². The van der Waals surface area contributed by atoms with Gasteiger partial charge >= 0.3 is 0 Å². The second-order valence-electron chi connectivity index (χ2n) is 5.38. The third kappa shape index (κ3) is 5.49. The second-order valence-corrected chi connectivity index (χ2v) is 5.38. The summed E-state index contributed by atoms with van der Waals surface area (Å²) < 4.78 is 5.40. The third-order valence-corrected chi connectivity index (χ3v) is 3.50. The average Bonchev–Trinajstić information content (AvgIpc) is 2.45. The normalized spacial score (nSPS) is 11.3. The number of nitrogens with two attached hydrogens (primary N) is 1. The van der Waals surface area contributed by atoms with Crippen molar-refractivity contribution in [2.45, 2.75) is 26.4 Å². The van der Waals surface area contributed by atoms with Crippen molar-refractivity contribution in [1.82, 2.24) is 9.80 Å². The van der Waals surface area contributed by atoms with Crippen molar-refractivity contribution in [1.29, 1.82) is 0 Å². The maximum atomic E-state index is 5.70. The van der Waals surface area contributed by atoms with Crippen molar-refractivity contribution in [2.75, 3.05) is 40.8 Å². The summed E-state index contributed by atoms with van der Waals surface area (Å²) >= 11 is 0. The molecule has 4 nitrogen and oxygen atoms in total. The summed E-state index contributed by atoms with van der Waals surface area (Å²) in [5, 5.41) is 0. The van der Waals surface area contributed by atoms with Crippen molar-refractivity contribution in [2.24, 2.45) is 5.73 Å². The smallest absolute Gasteiger partial charge is 0.123 e. The first kappa shape index (κ1) is 17.0. The maximum absolute atomic E-state index is 5.70. The Bertz CT molecular complexity index is 393. The van der Waals surface area contributed by atoms with E-state index in [9.17, 15) is 0 Å². The average molecular weight is 279 g/mol. The van der Waals surface area contributed by atoms with E-state index in [2.05, 4.69) is 49.0 Å². The van der Waals surface area contributed by atoms with E-state index in [1.807, 2.05) is 0 Å². The summed E-state index contributed by atoms with van der Waals surface area (Å²) in [4.78, 5) is 4.69. The number of nitrogens with zero attached hydrogens (tertiary/aromatic N) is 2. The quantitative estimate of drug-likeness (QED) is 0.750. The minimum atomic E-state index is 0.518. The molecule has 1 rings (SSSR count). The van der Waals surface area contributed by atoms with E-state index in [1.54, 1.807) is 7.11 Å². The van der Waals surface area contributed by atoms with Crippen LogP contribution < -0.4 is 10.5 Å². The second kappa shape index (κ2) is 8.95. The lowest BCUT2D eigenvalue weighted by atomic mass is 10.1. The molecule has 0 unspecified atom stereocenters. The first-order chi connectivity index (χ1) is 9.60. The van der Waals surface area contributed by atoms with Crippen LogP contribution in [0.2, 0.25) is 0 Å². The van der Waals surface area contributed by atoms with Gasteiger partial charge in [-0.3, -0.25) is 4.90 Å². The number of rotatable bonds is 9. The summed E-state index contributed by atoms with van der Waals surface area (Å²) in [5.41, 5.74) is 8.05. The van der Waals surface area contributed by atoms with Crippen molar-refractivity contribution >= 4 is 0 Å². The van der Waals surface area contributed by atoms with Gasteiger partial charge in [-0.05, 0) is 51.8 Å². The van der Waals surface area contributed by atoms with Crippen LogP contribution in [0.15, 0.2) is 18.2 Å². The van der Waals surface area contributed by atoms with Gasteiger partial charge in [0.25, 0.3) is 0 Å². The number of ether oxygens (including phenoxy) is 1. The maximum Gasteiger partial charge on any atom is 0.123 e. The van der Waals surface area contributed by atoms with Crippen LogP contribution in [0.3, 0.4) is 0 Å². The first-order valence-electron chi connectivity index (χ1n) is 7.33. The molecule has 0 atom stereocenters. The Hall–Kier alpha value is -1.10. The molecule has 1 aromatic rings. The van der Waals surface area contributed by atoms with Gasteiger partial charge in [0.1, 0.15) is 5.75 Å². The molecular formula is C16H29N3O. The van der Waals surface area contributed by atoms with Crippen LogP contribution in [0.4, 0.5) is 0 Å². The highest BCUT2D eigenvalue weighted by molar-refractivity contribution is 5.37. The highest BCUT2D eigenvalue weighted by Crippen LogP contribution is 2.20. The highest BCUT2D eigenvalue weighted by atomic mass is 16.5. The number of hydrogen-bond donors (Lipinski definition) is 1. The van der Waals surface area contributed by atoms with Gasteiger partial charge in [-0.15, -0.1) is 0 Å². The van der Waals surface area contributed by atoms with Crippen molar-refractivity contribution in [3.05, 3.63) is 29.3 Å². The predicted octanol–water partition coefficient (Wildman–Crippen LogP) is 1.93. The minimum absolute atomic E-state index is 0.518. The Labute approximate surface area is 123 Å². The van der Waals surface area contributed by atoms with Crippen molar-refractivity contribution in [3.8, 4) is 5.75 Å². The Morgan fingerprint density at radius 2 is 1.95 bits per heavy atom. The standard InChI is InChI=1S/C16H29N3O/c1-5-19(10-6-9-18(2)3)13-14-7-8-15(12-17)16(11-14)20-4/h7-8,11H,5-6,9-10,12-13,17H2,1-4H3. The number of methoxy groups -OCH3 is 1. The molecule has 1 aromatic carbocycles. The fourth-order valence-electron chi connectivity index (χ4n) is 2.27. The van der Waals surface area contributed by atoms with Gasteiger partial charge in [0, 0.05) is 18.7 Å². The molecule has 0 saturated heterocycles. The SMILES string of the molecule is CCN(CCCN(C)C)Cc1ccc(CN)c(OC)c1. The molecule has 0 saturated carbocycles. The third-order valence-electron chi connectivity index (χ3n) is 3.50. The fraction of sp³-hybridized carbons (Fsp3) is 0.625. The van der Waals surface area contributed by atoms with Gasteiger partial charge in [0.15, 0.2) is 0 Å². The molecule has 0 aromatic heterocycles. The van der Waals surface area contributed by atoms with Crippen LogP contribution in [0.5, 0.6) is 5.75 Å². The van der Waals surface area contributed by atoms with Crippen molar-refractivity contribution < 1.29 is 4.74 Å². The van der Waals surface area contributed by atoms with E-state index >= 15 is 0 Å². The van der Waals surface area contributed by atoms with Crippen molar-refractivity contribution in [3.63, 3.8) is 0 Å². The fourth-order valence-corrected chi connectivity index (χ4v) is 2.27. The van der Waals surface area contributed by atoms with Crippen LogP contribution in [0.1, 0.15) is 24.5 Å². The van der Waals surface area contributed by atoms with Gasteiger partial charge < -0.3 is 15.4 Å². The lowest BCUT2D eigenvalue weighted by Gasteiger charge is -2.22. The Balaban J connectivity index is 2.60.